The van der Waals surface area contributed by atoms with Crippen molar-refractivity contribution in [3.63, 3.8) is 0 Å². The number of allylic oxidation sites excluding steroid dienone is 3. The lowest BCUT2D eigenvalue weighted by molar-refractivity contribution is -0.150. The van der Waals surface area contributed by atoms with Gasteiger partial charge in [0.15, 0.2) is 0 Å². The minimum atomic E-state index is -0.489. The Hall–Kier alpha value is -1.58. The van der Waals surface area contributed by atoms with Crippen LogP contribution in [0.3, 0.4) is 0 Å². The van der Waals surface area contributed by atoms with Crippen molar-refractivity contribution in [2.24, 2.45) is 0 Å². The molecule has 0 amide bonds. The maximum absolute atomic E-state index is 10.9. The van der Waals surface area contributed by atoms with E-state index in [2.05, 4.69) is 4.74 Å². The number of rotatable bonds is 2. The molecule has 0 N–H and O–H groups in total. The largest absolute Gasteiger partial charge is 0.483 e. The fourth-order valence-corrected chi connectivity index (χ4v) is 0.721. The van der Waals surface area contributed by atoms with Crippen LogP contribution in [0.5, 0.6) is 0 Å². The lowest BCUT2D eigenvalue weighted by Crippen LogP contribution is -2.21. The first-order valence-electron chi connectivity index (χ1n) is 3.46. The van der Waals surface area contributed by atoms with E-state index in [0.717, 1.165) is 0 Å². The Morgan fingerprint density at radius 2 is 1.92 bits per heavy atom. The van der Waals surface area contributed by atoms with E-state index >= 15 is 0 Å². The number of hydrogen-bond acceptors (Lipinski definition) is 4. The second-order valence-corrected chi connectivity index (χ2v) is 2.04. The minimum absolute atomic E-state index is 0.138. The zero-order valence-corrected chi connectivity index (χ0v) is 6.36. The highest BCUT2D eigenvalue weighted by Gasteiger charge is 2.16. The van der Waals surface area contributed by atoms with Gasteiger partial charge in [0.25, 0.3) is 0 Å². The summed E-state index contributed by atoms with van der Waals surface area (Å²) in [5.41, 5.74) is 0. The van der Waals surface area contributed by atoms with E-state index in [1.165, 1.54) is 18.2 Å². The van der Waals surface area contributed by atoms with Gasteiger partial charge in [0, 0.05) is 0 Å². The third kappa shape index (κ3) is 2.23. The fourth-order valence-electron chi connectivity index (χ4n) is 0.721. The standard InChI is InChI=1S/C8H8O4/c9-4-2-1-3-7-8(10)12-6-5-11-7/h1-4H,5-6H2/b2-1+,7-3+. The Labute approximate surface area is 69.5 Å². The summed E-state index contributed by atoms with van der Waals surface area (Å²) in [5, 5.41) is 0. The lowest BCUT2D eigenvalue weighted by atomic mass is 10.4. The lowest BCUT2D eigenvalue weighted by Gasteiger charge is -2.14. The molecule has 0 aromatic rings. The van der Waals surface area contributed by atoms with E-state index < -0.39 is 5.97 Å². The molecular formula is C8H8O4. The van der Waals surface area contributed by atoms with E-state index in [4.69, 9.17) is 4.74 Å². The molecule has 0 spiro atoms. The molecule has 1 heterocycles. The van der Waals surface area contributed by atoms with Gasteiger partial charge in [0.1, 0.15) is 19.5 Å². The molecule has 64 valence electrons. The minimum Gasteiger partial charge on any atom is -0.483 e. The summed E-state index contributed by atoms with van der Waals surface area (Å²) in [6.07, 6.45) is 4.70. The predicted octanol–water partition coefficient (Wildman–Crippen LogP) is 0.199. The highest BCUT2D eigenvalue weighted by Crippen LogP contribution is 2.06. The first kappa shape index (κ1) is 8.52. The molecule has 4 heteroatoms. The third-order valence-corrected chi connectivity index (χ3v) is 1.21. The van der Waals surface area contributed by atoms with Crippen LogP contribution in [0.25, 0.3) is 0 Å². The topological polar surface area (TPSA) is 52.6 Å². The maximum atomic E-state index is 10.9. The molecule has 0 aromatic carbocycles. The molecular weight excluding hydrogens is 160 g/mol. The number of ether oxygens (including phenoxy) is 2. The van der Waals surface area contributed by atoms with Gasteiger partial charge >= 0.3 is 5.97 Å². The van der Waals surface area contributed by atoms with Crippen LogP contribution in [0.15, 0.2) is 24.0 Å². The zero-order chi connectivity index (χ0) is 8.81. The van der Waals surface area contributed by atoms with Gasteiger partial charge in [-0.1, -0.05) is 6.08 Å². The summed E-state index contributed by atoms with van der Waals surface area (Å²) in [4.78, 5) is 20.7. The number of esters is 1. The number of cyclic esters (lactones) is 1. The van der Waals surface area contributed by atoms with E-state index in [1.807, 2.05) is 0 Å². The second kappa shape index (κ2) is 4.33. The molecule has 1 rings (SSSR count). The normalized spacial score (nSPS) is 20.7. The van der Waals surface area contributed by atoms with E-state index in [0.29, 0.717) is 12.9 Å². The predicted molar refractivity (Wildman–Crippen MR) is 40.2 cm³/mol. The SMILES string of the molecule is O=C/C=C/C=C1/OCCOC1=O. The third-order valence-electron chi connectivity index (χ3n) is 1.21. The molecule has 0 saturated carbocycles. The highest BCUT2D eigenvalue weighted by molar-refractivity contribution is 5.87. The summed E-state index contributed by atoms with van der Waals surface area (Å²) in [5.74, 6) is -0.351. The molecule has 0 aromatic heterocycles. The van der Waals surface area contributed by atoms with Crippen molar-refractivity contribution < 1.29 is 19.1 Å². The van der Waals surface area contributed by atoms with Crippen molar-refractivity contribution in [2.75, 3.05) is 13.2 Å². The molecule has 4 nitrogen and oxygen atoms in total. The fraction of sp³-hybridized carbons (Fsp3) is 0.250. The first-order chi connectivity index (χ1) is 5.84. The van der Waals surface area contributed by atoms with Crippen molar-refractivity contribution in [3.05, 3.63) is 24.0 Å². The number of carbonyl (C=O) groups excluding carboxylic acids is 2. The van der Waals surface area contributed by atoms with Crippen LogP contribution in [0.1, 0.15) is 0 Å². The zero-order valence-electron chi connectivity index (χ0n) is 6.36. The van der Waals surface area contributed by atoms with Gasteiger partial charge in [-0.2, -0.15) is 0 Å². The summed E-state index contributed by atoms with van der Waals surface area (Å²) in [7, 11) is 0. The molecule has 1 saturated heterocycles. The molecule has 1 fully saturated rings. The van der Waals surface area contributed by atoms with Crippen LogP contribution in [0, 0.1) is 0 Å². The van der Waals surface area contributed by atoms with Crippen molar-refractivity contribution in [3.8, 4) is 0 Å². The van der Waals surface area contributed by atoms with Crippen LogP contribution >= 0.6 is 0 Å². The van der Waals surface area contributed by atoms with Crippen molar-refractivity contribution in [2.45, 2.75) is 0 Å². The van der Waals surface area contributed by atoms with Crippen LogP contribution in [-0.2, 0) is 19.1 Å². The van der Waals surface area contributed by atoms with Crippen molar-refractivity contribution >= 4 is 12.3 Å². The smallest absolute Gasteiger partial charge is 0.373 e. The number of carbonyl (C=O) groups is 2. The Morgan fingerprint density at radius 3 is 2.58 bits per heavy atom. The van der Waals surface area contributed by atoms with Crippen LogP contribution in [0.2, 0.25) is 0 Å². The van der Waals surface area contributed by atoms with Gasteiger partial charge < -0.3 is 9.47 Å². The van der Waals surface area contributed by atoms with Gasteiger partial charge in [-0.25, -0.2) is 4.79 Å². The molecule has 12 heavy (non-hydrogen) atoms. The summed E-state index contributed by atoms with van der Waals surface area (Å²) < 4.78 is 9.62. The Bertz CT molecular complexity index is 239. The van der Waals surface area contributed by atoms with E-state index in [1.54, 1.807) is 0 Å². The second-order valence-electron chi connectivity index (χ2n) is 2.04. The van der Waals surface area contributed by atoms with E-state index in [9.17, 15) is 9.59 Å². The Kier molecular flexibility index (Phi) is 3.07. The summed E-state index contributed by atoms with van der Waals surface area (Å²) in [6.45, 7) is 0.653. The van der Waals surface area contributed by atoms with Gasteiger partial charge in [0.05, 0.1) is 0 Å². The molecule has 1 aliphatic rings. The van der Waals surface area contributed by atoms with Gasteiger partial charge in [0.2, 0.25) is 5.76 Å². The molecule has 0 radical (unpaired) electrons. The highest BCUT2D eigenvalue weighted by atomic mass is 16.6. The van der Waals surface area contributed by atoms with Crippen molar-refractivity contribution in [1.29, 1.82) is 0 Å². The van der Waals surface area contributed by atoms with Crippen LogP contribution in [0.4, 0.5) is 0 Å². The monoisotopic (exact) mass is 168 g/mol. The Balaban J connectivity index is 2.58. The van der Waals surface area contributed by atoms with Crippen LogP contribution in [-0.4, -0.2) is 25.5 Å². The Morgan fingerprint density at radius 1 is 1.17 bits per heavy atom. The molecule has 0 unspecified atom stereocenters. The molecule has 1 aliphatic heterocycles. The molecule has 0 bridgehead atoms. The average molecular weight is 168 g/mol. The average Bonchev–Trinajstić information content (AvgIpc) is 2.09. The van der Waals surface area contributed by atoms with Gasteiger partial charge in [-0.3, -0.25) is 4.79 Å². The maximum Gasteiger partial charge on any atom is 0.373 e. The first-order valence-corrected chi connectivity index (χ1v) is 3.46. The molecule has 0 atom stereocenters. The number of aldehydes is 1. The van der Waals surface area contributed by atoms with Crippen molar-refractivity contribution in [1.82, 2.24) is 0 Å². The van der Waals surface area contributed by atoms with E-state index in [-0.39, 0.29) is 12.4 Å². The van der Waals surface area contributed by atoms with Gasteiger partial charge in [-0.15, -0.1) is 0 Å². The molecule has 0 aliphatic carbocycles. The summed E-state index contributed by atoms with van der Waals surface area (Å²) in [6, 6.07) is 0. The number of hydrogen-bond donors (Lipinski definition) is 0. The quantitative estimate of drug-likeness (QED) is 0.335. The summed E-state index contributed by atoms with van der Waals surface area (Å²) >= 11 is 0. The van der Waals surface area contributed by atoms with Gasteiger partial charge in [-0.05, 0) is 12.2 Å². The van der Waals surface area contributed by atoms with Crippen LogP contribution < -0.4 is 0 Å².